The maximum atomic E-state index is 5.40. The van der Waals surface area contributed by atoms with Crippen LogP contribution >= 0.6 is 0 Å². The van der Waals surface area contributed by atoms with Crippen molar-refractivity contribution in [3.63, 3.8) is 0 Å². The molecule has 3 aromatic carbocycles. The van der Waals surface area contributed by atoms with Gasteiger partial charge in [-0.05, 0) is 35.7 Å². The van der Waals surface area contributed by atoms with Crippen molar-refractivity contribution in [2.24, 2.45) is 10.2 Å². The molecule has 0 aliphatic rings. The lowest BCUT2D eigenvalue weighted by Gasteiger charge is -2.07. The van der Waals surface area contributed by atoms with E-state index in [2.05, 4.69) is 10.2 Å². The lowest BCUT2D eigenvalue weighted by atomic mass is 10.1. The van der Waals surface area contributed by atoms with Crippen molar-refractivity contribution < 1.29 is 9.47 Å². The van der Waals surface area contributed by atoms with Crippen LogP contribution in [0.5, 0.6) is 11.5 Å². The van der Waals surface area contributed by atoms with Crippen molar-refractivity contribution in [1.82, 2.24) is 0 Å². The minimum atomic E-state index is 0.705. The standard InChI is InChI=1S/C18H16N2O2/c1-21-15-10-8-14(9-11-15)19-20-18-16-6-4-3-5-13(16)7-12-17(18)22-2/h3-12H,1-2H3. The fourth-order valence-corrected chi connectivity index (χ4v) is 2.26. The Bertz CT molecular complexity index is 811. The number of methoxy groups -OCH3 is 2. The Kier molecular flexibility index (Phi) is 4.01. The van der Waals surface area contributed by atoms with E-state index >= 15 is 0 Å². The van der Waals surface area contributed by atoms with Crippen molar-refractivity contribution in [3.8, 4) is 11.5 Å². The first kappa shape index (κ1) is 14.1. The molecule has 0 unspecified atom stereocenters. The first-order valence-corrected chi connectivity index (χ1v) is 6.93. The van der Waals surface area contributed by atoms with E-state index < -0.39 is 0 Å². The van der Waals surface area contributed by atoms with E-state index in [0.29, 0.717) is 5.75 Å². The zero-order valence-electron chi connectivity index (χ0n) is 12.5. The second-order valence-electron chi connectivity index (χ2n) is 4.74. The van der Waals surface area contributed by atoms with Crippen LogP contribution in [0.25, 0.3) is 10.8 Å². The molecular weight excluding hydrogens is 276 g/mol. The second kappa shape index (κ2) is 6.26. The van der Waals surface area contributed by atoms with Gasteiger partial charge in [-0.25, -0.2) is 0 Å². The Balaban J connectivity index is 2.02. The van der Waals surface area contributed by atoms with Gasteiger partial charge in [0.25, 0.3) is 0 Å². The van der Waals surface area contributed by atoms with Gasteiger partial charge in [-0.2, -0.15) is 5.11 Å². The summed E-state index contributed by atoms with van der Waals surface area (Å²) >= 11 is 0. The van der Waals surface area contributed by atoms with Crippen LogP contribution in [0.3, 0.4) is 0 Å². The first-order valence-electron chi connectivity index (χ1n) is 6.93. The van der Waals surface area contributed by atoms with Gasteiger partial charge in [0.05, 0.1) is 19.9 Å². The summed E-state index contributed by atoms with van der Waals surface area (Å²) in [5.41, 5.74) is 1.49. The van der Waals surface area contributed by atoms with Gasteiger partial charge in [0.1, 0.15) is 17.2 Å². The molecule has 0 atom stereocenters. The Hall–Kier alpha value is -2.88. The van der Waals surface area contributed by atoms with Gasteiger partial charge in [0.15, 0.2) is 0 Å². The molecule has 0 N–H and O–H groups in total. The van der Waals surface area contributed by atoms with Gasteiger partial charge >= 0.3 is 0 Å². The largest absolute Gasteiger partial charge is 0.497 e. The molecule has 22 heavy (non-hydrogen) atoms. The number of azo groups is 1. The summed E-state index contributed by atoms with van der Waals surface area (Å²) in [6, 6.07) is 19.4. The predicted octanol–water partition coefficient (Wildman–Crippen LogP) is 5.27. The lowest BCUT2D eigenvalue weighted by molar-refractivity contribution is 0.415. The highest BCUT2D eigenvalue weighted by molar-refractivity contribution is 5.95. The van der Waals surface area contributed by atoms with Crippen LogP contribution in [-0.4, -0.2) is 14.2 Å². The summed E-state index contributed by atoms with van der Waals surface area (Å²) in [7, 11) is 3.27. The summed E-state index contributed by atoms with van der Waals surface area (Å²) in [4.78, 5) is 0. The monoisotopic (exact) mass is 292 g/mol. The SMILES string of the molecule is COc1ccc(N=Nc2c(OC)ccc3ccccc23)cc1. The molecule has 0 spiro atoms. The number of benzene rings is 3. The summed E-state index contributed by atoms with van der Waals surface area (Å²) in [6.07, 6.45) is 0. The molecule has 0 saturated carbocycles. The molecule has 4 heteroatoms. The number of hydrogen-bond donors (Lipinski definition) is 0. The summed E-state index contributed by atoms with van der Waals surface area (Å²) in [5, 5.41) is 10.8. The van der Waals surface area contributed by atoms with Crippen LogP contribution in [0, 0.1) is 0 Å². The van der Waals surface area contributed by atoms with Gasteiger partial charge in [-0.3, -0.25) is 0 Å². The molecule has 0 heterocycles. The van der Waals surface area contributed by atoms with Crippen molar-refractivity contribution in [2.45, 2.75) is 0 Å². The minimum Gasteiger partial charge on any atom is -0.497 e. The van der Waals surface area contributed by atoms with E-state index in [1.165, 1.54) is 0 Å². The molecule has 0 aliphatic heterocycles. The zero-order chi connectivity index (χ0) is 15.4. The smallest absolute Gasteiger partial charge is 0.147 e. The van der Waals surface area contributed by atoms with Gasteiger partial charge in [0, 0.05) is 5.39 Å². The van der Waals surface area contributed by atoms with E-state index in [4.69, 9.17) is 9.47 Å². The molecule has 0 radical (unpaired) electrons. The third kappa shape index (κ3) is 2.76. The highest BCUT2D eigenvalue weighted by atomic mass is 16.5. The van der Waals surface area contributed by atoms with Crippen molar-refractivity contribution in [3.05, 3.63) is 60.7 Å². The molecular formula is C18H16N2O2. The topological polar surface area (TPSA) is 43.2 Å². The van der Waals surface area contributed by atoms with Gasteiger partial charge in [-0.15, -0.1) is 5.11 Å². The molecule has 110 valence electrons. The number of hydrogen-bond acceptors (Lipinski definition) is 4. The van der Waals surface area contributed by atoms with Gasteiger partial charge in [0.2, 0.25) is 0 Å². The molecule has 0 aromatic heterocycles. The van der Waals surface area contributed by atoms with Crippen LogP contribution in [0.2, 0.25) is 0 Å². The quantitative estimate of drug-likeness (QED) is 0.614. The van der Waals surface area contributed by atoms with E-state index in [0.717, 1.165) is 27.9 Å². The van der Waals surface area contributed by atoms with Crippen LogP contribution in [-0.2, 0) is 0 Å². The summed E-state index contributed by atoms with van der Waals surface area (Å²) in [5.74, 6) is 1.50. The average Bonchev–Trinajstić information content (AvgIpc) is 2.60. The van der Waals surface area contributed by atoms with E-state index in [-0.39, 0.29) is 0 Å². The summed E-state index contributed by atoms with van der Waals surface area (Å²) < 4.78 is 10.5. The highest BCUT2D eigenvalue weighted by Crippen LogP contribution is 2.36. The molecule has 3 aromatic rings. The van der Waals surface area contributed by atoms with E-state index in [1.54, 1.807) is 14.2 Å². The number of fused-ring (bicyclic) bond motifs is 1. The number of nitrogens with zero attached hydrogens (tertiary/aromatic N) is 2. The molecule has 0 aliphatic carbocycles. The molecule has 0 saturated heterocycles. The molecule has 0 amide bonds. The summed E-state index contributed by atoms with van der Waals surface area (Å²) in [6.45, 7) is 0. The van der Waals surface area contributed by atoms with Crippen LogP contribution < -0.4 is 9.47 Å². The Morgan fingerprint density at radius 2 is 1.50 bits per heavy atom. The fourth-order valence-electron chi connectivity index (χ4n) is 2.26. The molecule has 0 bridgehead atoms. The number of rotatable bonds is 4. The Morgan fingerprint density at radius 3 is 2.23 bits per heavy atom. The highest BCUT2D eigenvalue weighted by Gasteiger charge is 2.07. The molecule has 0 fully saturated rings. The molecule has 4 nitrogen and oxygen atoms in total. The molecule has 3 rings (SSSR count). The van der Waals surface area contributed by atoms with Crippen LogP contribution in [0.1, 0.15) is 0 Å². The van der Waals surface area contributed by atoms with Gasteiger partial charge < -0.3 is 9.47 Å². The third-order valence-corrected chi connectivity index (χ3v) is 3.42. The maximum Gasteiger partial charge on any atom is 0.147 e. The van der Waals surface area contributed by atoms with E-state index in [9.17, 15) is 0 Å². The average molecular weight is 292 g/mol. The van der Waals surface area contributed by atoms with Crippen molar-refractivity contribution >= 4 is 22.1 Å². The van der Waals surface area contributed by atoms with Crippen molar-refractivity contribution in [1.29, 1.82) is 0 Å². The van der Waals surface area contributed by atoms with Crippen molar-refractivity contribution in [2.75, 3.05) is 14.2 Å². The second-order valence-corrected chi connectivity index (χ2v) is 4.74. The normalized spacial score (nSPS) is 11.0. The minimum absolute atomic E-state index is 0.705. The van der Waals surface area contributed by atoms with Crippen LogP contribution in [0.4, 0.5) is 11.4 Å². The zero-order valence-corrected chi connectivity index (χ0v) is 12.5. The number of ether oxygens (including phenoxy) is 2. The van der Waals surface area contributed by atoms with Gasteiger partial charge in [-0.1, -0.05) is 30.3 Å². The Morgan fingerprint density at radius 1 is 0.727 bits per heavy atom. The third-order valence-electron chi connectivity index (χ3n) is 3.42. The first-order chi connectivity index (χ1) is 10.8. The van der Waals surface area contributed by atoms with Crippen LogP contribution in [0.15, 0.2) is 70.9 Å². The van der Waals surface area contributed by atoms with E-state index in [1.807, 2.05) is 60.7 Å². The lowest BCUT2D eigenvalue weighted by Crippen LogP contribution is -1.84. The Labute approximate surface area is 129 Å². The maximum absolute atomic E-state index is 5.40. The predicted molar refractivity (Wildman–Crippen MR) is 87.7 cm³/mol. The fraction of sp³-hybridized carbons (Fsp3) is 0.111.